The molecule has 0 spiro atoms. The van der Waals surface area contributed by atoms with Gasteiger partial charge in [0.1, 0.15) is 0 Å². The molecule has 1 aliphatic rings. The Bertz CT molecular complexity index is 264. The first-order valence-corrected chi connectivity index (χ1v) is 3.81. The summed E-state index contributed by atoms with van der Waals surface area (Å²) in [4.78, 5) is 10.8. The number of allylic oxidation sites excluding steroid dienone is 4. The van der Waals surface area contributed by atoms with Crippen molar-refractivity contribution in [2.75, 3.05) is 0 Å². The van der Waals surface area contributed by atoms with Gasteiger partial charge < -0.3 is 11.1 Å². The lowest BCUT2D eigenvalue weighted by atomic mass is 10.1. The van der Waals surface area contributed by atoms with Crippen LogP contribution in [0.5, 0.6) is 0 Å². The van der Waals surface area contributed by atoms with E-state index in [-0.39, 0.29) is 11.8 Å². The number of hydrogen-bond donors (Lipinski definition) is 2. The van der Waals surface area contributed by atoms with Crippen LogP contribution in [0.3, 0.4) is 0 Å². The van der Waals surface area contributed by atoms with Crippen LogP contribution in [0.25, 0.3) is 0 Å². The Morgan fingerprint density at radius 2 is 2.25 bits per heavy atom. The molecule has 0 aromatic carbocycles. The van der Waals surface area contributed by atoms with E-state index in [0.717, 1.165) is 5.70 Å². The maximum Gasteiger partial charge on any atom is 0.226 e. The van der Waals surface area contributed by atoms with Crippen LogP contribution in [-0.2, 0) is 4.79 Å². The number of nitrogens with two attached hydrogens (primary N) is 1. The topological polar surface area (TPSA) is 55.1 Å². The highest BCUT2D eigenvalue weighted by atomic mass is 16.1. The average Bonchev–Trinajstić information content (AvgIpc) is 2.30. The summed E-state index contributed by atoms with van der Waals surface area (Å²) < 4.78 is 0. The summed E-state index contributed by atoms with van der Waals surface area (Å²) in [6, 6.07) is 0. The van der Waals surface area contributed by atoms with Gasteiger partial charge in [-0.15, -0.1) is 0 Å². The van der Waals surface area contributed by atoms with Crippen molar-refractivity contribution in [1.82, 2.24) is 5.32 Å². The molecule has 12 heavy (non-hydrogen) atoms. The minimum Gasteiger partial charge on any atom is -0.369 e. The molecule has 0 aromatic heterocycles. The van der Waals surface area contributed by atoms with Crippen LogP contribution in [0.2, 0.25) is 0 Å². The van der Waals surface area contributed by atoms with E-state index >= 15 is 0 Å². The van der Waals surface area contributed by atoms with Crippen molar-refractivity contribution in [3.05, 3.63) is 36.2 Å². The molecule has 0 saturated carbocycles. The Morgan fingerprint density at radius 1 is 1.50 bits per heavy atom. The van der Waals surface area contributed by atoms with Crippen LogP contribution in [0.15, 0.2) is 36.2 Å². The first-order valence-electron chi connectivity index (χ1n) is 3.81. The summed E-state index contributed by atoms with van der Waals surface area (Å²) in [6.45, 7) is 1.77. The number of hydrogen-bond acceptors (Lipinski definition) is 2. The molecule has 0 aliphatic carbocycles. The standard InChI is InChI=1S/C9H12N2O/c1-7(9(10)12)8-5-3-2-4-6-11-8/h2-7,11H,1H3,(H2,10,12). The van der Waals surface area contributed by atoms with E-state index in [9.17, 15) is 4.79 Å². The van der Waals surface area contributed by atoms with Gasteiger partial charge in [-0.25, -0.2) is 0 Å². The minimum absolute atomic E-state index is 0.266. The lowest BCUT2D eigenvalue weighted by Gasteiger charge is -2.10. The van der Waals surface area contributed by atoms with Gasteiger partial charge in [-0.1, -0.05) is 12.2 Å². The fourth-order valence-electron chi connectivity index (χ4n) is 0.894. The van der Waals surface area contributed by atoms with Gasteiger partial charge in [0, 0.05) is 11.9 Å². The van der Waals surface area contributed by atoms with Gasteiger partial charge in [0.05, 0.1) is 5.92 Å². The summed E-state index contributed by atoms with van der Waals surface area (Å²) in [5.41, 5.74) is 5.98. The van der Waals surface area contributed by atoms with Crippen LogP contribution in [0.1, 0.15) is 6.92 Å². The monoisotopic (exact) mass is 164 g/mol. The lowest BCUT2D eigenvalue weighted by Crippen LogP contribution is -2.26. The Morgan fingerprint density at radius 3 is 2.92 bits per heavy atom. The smallest absolute Gasteiger partial charge is 0.226 e. The van der Waals surface area contributed by atoms with E-state index in [2.05, 4.69) is 5.32 Å². The van der Waals surface area contributed by atoms with Gasteiger partial charge in [-0.2, -0.15) is 0 Å². The second kappa shape index (κ2) is 3.76. The Hall–Kier alpha value is -1.51. The molecule has 3 N–H and O–H groups in total. The van der Waals surface area contributed by atoms with E-state index in [0.29, 0.717) is 0 Å². The lowest BCUT2D eigenvalue weighted by molar-refractivity contribution is -0.120. The molecule has 0 aromatic rings. The summed E-state index contributed by atoms with van der Waals surface area (Å²) >= 11 is 0. The fourth-order valence-corrected chi connectivity index (χ4v) is 0.894. The molecule has 0 bridgehead atoms. The number of nitrogens with one attached hydrogen (secondary N) is 1. The minimum atomic E-state index is -0.322. The third-order valence-corrected chi connectivity index (χ3v) is 1.74. The molecule has 1 rings (SSSR count). The predicted octanol–water partition coefficient (Wildman–Crippen LogP) is 0.665. The maximum atomic E-state index is 10.8. The molecule has 0 fully saturated rings. The van der Waals surface area contributed by atoms with E-state index in [4.69, 9.17) is 5.73 Å². The molecule has 1 amide bonds. The largest absolute Gasteiger partial charge is 0.369 e. The first-order chi connectivity index (χ1) is 5.72. The van der Waals surface area contributed by atoms with Crippen molar-refractivity contribution in [3.63, 3.8) is 0 Å². The van der Waals surface area contributed by atoms with E-state index in [1.165, 1.54) is 0 Å². The molecule has 0 radical (unpaired) electrons. The highest BCUT2D eigenvalue weighted by molar-refractivity contribution is 5.79. The summed E-state index contributed by atoms with van der Waals surface area (Å²) in [6.07, 6.45) is 9.22. The molecule has 1 unspecified atom stereocenters. The Kier molecular flexibility index (Phi) is 2.69. The van der Waals surface area contributed by atoms with E-state index in [1.807, 2.05) is 24.3 Å². The third-order valence-electron chi connectivity index (χ3n) is 1.74. The number of primary amides is 1. The number of carbonyl (C=O) groups is 1. The molecule has 0 saturated heterocycles. The SMILES string of the molecule is CC(C(N)=O)C1=CC=CC=CN1. The van der Waals surface area contributed by atoms with E-state index in [1.54, 1.807) is 13.1 Å². The molecule has 1 aliphatic heterocycles. The molecule has 1 atom stereocenters. The molecule has 64 valence electrons. The third kappa shape index (κ3) is 1.99. The summed E-state index contributed by atoms with van der Waals surface area (Å²) in [7, 11) is 0. The van der Waals surface area contributed by atoms with Gasteiger partial charge in [0.15, 0.2) is 0 Å². The molecular weight excluding hydrogens is 152 g/mol. The highest BCUT2D eigenvalue weighted by Gasteiger charge is 2.12. The molecule has 1 heterocycles. The van der Waals surface area contributed by atoms with Crippen molar-refractivity contribution in [2.24, 2.45) is 11.7 Å². The van der Waals surface area contributed by atoms with Crippen LogP contribution < -0.4 is 11.1 Å². The van der Waals surface area contributed by atoms with Gasteiger partial charge in [-0.3, -0.25) is 4.79 Å². The first kappa shape index (κ1) is 8.59. The fraction of sp³-hybridized carbons (Fsp3) is 0.222. The van der Waals surface area contributed by atoms with Gasteiger partial charge in [-0.05, 0) is 19.1 Å². The summed E-state index contributed by atoms with van der Waals surface area (Å²) in [5.74, 6) is -0.588. The predicted molar refractivity (Wildman–Crippen MR) is 47.9 cm³/mol. The Balaban J connectivity index is 2.74. The van der Waals surface area contributed by atoms with Crippen molar-refractivity contribution in [3.8, 4) is 0 Å². The van der Waals surface area contributed by atoms with Crippen molar-refractivity contribution < 1.29 is 4.79 Å². The Labute approximate surface area is 71.6 Å². The number of amides is 1. The van der Waals surface area contributed by atoms with Gasteiger partial charge in [0.2, 0.25) is 5.91 Å². The number of carbonyl (C=O) groups excluding carboxylic acids is 1. The quantitative estimate of drug-likeness (QED) is 0.630. The van der Waals surface area contributed by atoms with E-state index < -0.39 is 0 Å². The second-order valence-corrected chi connectivity index (χ2v) is 2.63. The van der Waals surface area contributed by atoms with Crippen molar-refractivity contribution in [2.45, 2.75) is 6.92 Å². The zero-order valence-electron chi connectivity index (χ0n) is 6.95. The zero-order valence-corrected chi connectivity index (χ0v) is 6.95. The second-order valence-electron chi connectivity index (χ2n) is 2.63. The zero-order chi connectivity index (χ0) is 8.97. The van der Waals surface area contributed by atoms with Crippen molar-refractivity contribution in [1.29, 1.82) is 0 Å². The molecule has 3 nitrogen and oxygen atoms in total. The number of rotatable bonds is 2. The van der Waals surface area contributed by atoms with Crippen LogP contribution in [-0.4, -0.2) is 5.91 Å². The van der Waals surface area contributed by atoms with Crippen molar-refractivity contribution >= 4 is 5.91 Å². The normalized spacial score (nSPS) is 17.6. The molecule has 3 heteroatoms. The van der Waals surface area contributed by atoms with Crippen LogP contribution >= 0.6 is 0 Å². The van der Waals surface area contributed by atoms with Gasteiger partial charge in [0.25, 0.3) is 0 Å². The summed E-state index contributed by atoms with van der Waals surface area (Å²) in [5, 5.41) is 2.98. The maximum absolute atomic E-state index is 10.8. The van der Waals surface area contributed by atoms with Gasteiger partial charge >= 0.3 is 0 Å². The van der Waals surface area contributed by atoms with Crippen LogP contribution in [0, 0.1) is 5.92 Å². The van der Waals surface area contributed by atoms with Crippen LogP contribution in [0.4, 0.5) is 0 Å². The average molecular weight is 164 g/mol. The molecular formula is C9H12N2O. The highest BCUT2D eigenvalue weighted by Crippen LogP contribution is 2.08.